The molecule has 1 heterocycles. The highest BCUT2D eigenvalue weighted by Crippen LogP contribution is 2.32. The van der Waals surface area contributed by atoms with E-state index in [9.17, 15) is 9.59 Å². The molecule has 2 amide bonds. The van der Waals surface area contributed by atoms with Gasteiger partial charge in [-0.3, -0.25) is 14.5 Å². The first kappa shape index (κ1) is 20.6. The zero-order chi connectivity index (χ0) is 20.8. The SMILES string of the molecule is CN(Cc1ccccc1)C(=O)CN1C(=O)/C(=C/c2ccc(N=[N+]=[N-])cc2)SC1=S. The van der Waals surface area contributed by atoms with E-state index in [0.717, 1.165) is 22.9 Å². The molecule has 7 nitrogen and oxygen atoms in total. The van der Waals surface area contributed by atoms with E-state index in [-0.39, 0.29) is 18.4 Å². The van der Waals surface area contributed by atoms with E-state index in [0.29, 0.717) is 21.5 Å². The van der Waals surface area contributed by atoms with Crippen LogP contribution in [0.3, 0.4) is 0 Å². The molecular formula is C20H17N5O2S2. The van der Waals surface area contributed by atoms with Gasteiger partial charge in [0.25, 0.3) is 5.91 Å². The summed E-state index contributed by atoms with van der Waals surface area (Å²) in [6.07, 6.45) is 1.71. The van der Waals surface area contributed by atoms with Crippen molar-refractivity contribution in [1.29, 1.82) is 0 Å². The number of nitrogens with zero attached hydrogens (tertiary/aromatic N) is 5. The normalized spacial score (nSPS) is 14.8. The maximum absolute atomic E-state index is 12.7. The third-order valence-electron chi connectivity index (χ3n) is 4.21. The van der Waals surface area contributed by atoms with Gasteiger partial charge in [0.1, 0.15) is 10.9 Å². The van der Waals surface area contributed by atoms with Crippen molar-refractivity contribution in [2.75, 3.05) is 13.6 Å². The molecular weight excluding hydrogens is 406 g/mol. The molecule has 0 atom stereocenters. The summed E-state index contributed by atoms with van der Waals surface area (Å²) in [6.45, 7) is 0.364. The Morgan fingerprint density at radius 1 is 1.24 bits per heavy atom. The zero-order valence-electron chi connectivity index (χ0n) is 15.6. The second-order valence-corrected chi connectivity index (χ2v) is 7.96. The standard InChI is InChI=1S/C20H17N5O2S2/c1-24(12-15-5-3-2-4-6-15)18(26)13-25-19(27)17(29-20(25)28)11-14-7-9-16(10-8-14)22-23-21/h2-11H,12-13H2,1H3/b17-11-. The molecule has 2 aromatic carbocycles. The molecule has 1 saturated heterocycles. The lowest BCUT2D eigenvalue weighted by atomic mass is 10.2. The van der Waals surface area contributed by atoms with E-state index < -0.39 is 0 Å². The highest BCUT2D eigenvalue weighted by Gasteiger charge is 2.34. The summed E-state index contributed by atoms with van der Waals surface area (Å²) in [5, 5.41) is 3.51. The van der Waals surface area contributed by atoms with Crippen LogP contribution in [0.15, 0.2) is 64.6 Å². The number of rotatable bonds is 6. The number of carbonyl (C=O) groups is 2. The smallest absolute Gasteiger partial charge is 0.266 e. The van der Waals surface area contributed by atoms with Crippen LogP contribution in [0, 0.1) is 0 Å². The second kappa shape index (κ2) is 9.38. The van der Waals surface area contributed by atoms with Crippen LogP contribution in [-0.2, 0) is 16.1 Å². The number of hydrogen-bond donors (Lipinski definition) is 0. The minimum atomic E-state index is -0.291. The fourth-order valence-corrected chi connectivity index (χ4v) is 3.93. The van der Waals surface area contributed by atoms with Gasteiger partial charge < -0.3 is 4.90 Å². The lowest BCUT2D eigenvalue weighted by Crippen LogP contribution is -2.40. The first-order chi connectivity index (χ1) is 14.0. The highest BCUT2D eigenvalue weighted by molar-refractivity contribution is 8.26. The summed E-state index contributed by atoms with van der Waals surface area (Å²) in [5.74, 6) is -0.481. The molecule has 0 unspecified atom stereocenters. The van der Waals surface area contributed by atoms with Crippen LogP contribution in [0.1, 0.15) is 11.1 Å². The highest BCUT2D eigenvalue weighted by atomic mass is 32.2. The van der Waals surface area contributed by atoms with Crippen LogP contribution in [0.2, 0.25) is 0 Å². The minimum absolute atomic E-state index is 0.0961. The van der Waals surface area contributed by atoms with Crippen molar-refractivity contribution in [2.24, 2.45) is 5.11 Å². The summed E-state index contributed by atoms with van der Waals surface area (Å²) in [6, 6.07) is 16.5. The number of thioether (sulfide) groups is 1. The molecule has 29 heavy (non-hydrogen) atoms. The van der Waals surface area contributed by atoms with Crippen LogP contribution in [0.5, 0.6) is 0 Å². The summed E-state index contributed by atoms with van der Waals surface area (Å²) in [7, 11) is 1.70. The third-order valence-corrected chi connectivity index (χ3v) is 5.58. The predicted molar refractivity (Wildman–Crippen MR) is 118 cm³/mol. The molecule has 0 radical (unpaired) electrons. The Balaban J connectivity index is 1.66. The van der Waals surface area contributed by atoms with Gasteiger partial charge in [0, 0.05) is 24.2 Å². The Bertz CT molecular complexity index is 1010. The molecule has 1 fully saturated rings. The number of carbonyl (C=O) groups excluding carboxylic acids is 2. The van der Waals surface area contributed by atoms with Crippen LogP contribution >= 0.6 is 24.0 Å². The molecule has 3 rings (SSSR count). The van der Waals surface area contributed by atoms with Crippen molar-refractivity contribution in [3.63, 3.8) is 0 Å². The van der Waals surface area contributed by atoms with Gasteiger partial charge in [0.05, 0.1) is 4.91 Å². The second-order valence-electron chi connectivity index (χ2n) is 6.28. The predicted octanol–water partition coefficient (Wildman–Crippen LogP) is 4.49. The van der Waals surface area contributed by atoms with Gasteiger partial charge in [-0.25, -0.2) is 0 Å². The topological polar surface area (TPSA) is 89.4 Å². The Morgan fingerprint density at radius 3 is 2.59 bits per heavy atom. The molecule has 0 aromatic heterocycles. The molecule has 146 valence electrons. The maximum atomic E-state index is 12.7. The largest absolute Gasteiger partial charge is 0.340 e. The van der Waals surface area contributed by atoms with Crippen LogP contribution in [-0.4, -0.2) is 39.5 Å². The van der Waals surface area contributed by atoms with Crippen LogP contribution in [0.25, 0.3) is 16.5 Å². The maximum Gasteiger partial charge on any atom is 0.266 e. The lowest BCUT2D eigenvalue weighted by Gasteiger charge is -2.21. The van der Waals surface area contributed by atoms with Gasteiger partial charge in [-0.1, -0.05) is 83.7 Å². The summed E-state index contributed by atoms with van der Waals surface area (Å²) in [4.78, 5) is 31.4. The molecule has 2 aromatic rings. The lowest BCUT2D eigenvalue weighted by molar-refractivity contribution is -0.134. The molecule has 0 spiro atoms. The van der Waals surface area contributed by atoms with Gasteiger partial charge in [-0.2, -0.15) is 0 Å². The van der Waals surface area contributed by atoms with E-state index in [1.807, 2.05) is 30.3 Å². The van der Waals surface area contributed by atoms with E-state index in [2.05, 4.69) is 10.0 Å². The Morgan fingerprint density at radius 2 is 1.93 bits per heavy atom. The first-order valence-electron chi connectivity index (χ1n) is 8.66. The number of hydrogen-bond acceptors (Lipinski definition) is 5. The fraction of sp³-hybridized carbons (Fsp3) is 0.150. The van der Waals surface area contributed by atoms with Gasteiger partial charge >= 0.3 is 0 Å². The van der Waals surface area contributed by atoms with Gasteiger partial charge in [-0.15, -0.1) is 0 Å². The zero-order valence-corrected chi connectivity index (χ0v) is 17.2. The van der Waals surface area contributed by atoms with Crippen LogP contribution in [0.4, 0.5) is 5.69 Å². The molecule has 1 aliphatic heterocycles. The van der Waals surface area contributed by atoms with E-state index in [4.69, 9.17) is 17.7 Å². The number of benzene rings is 2. The number of azide groups is 1. The summed E-state index contributed by atoms with van der Waals surface area (Å²) >= 11 is 6.47. The van der Waals surface area contributed by atoms with Crippen molar-refractivity contribution >= 4 is 51.9 Å². The van der Waals surface area contributed by atoms with Gasteiger partial charge in [0.2, 0.25) is 5.91 Å². The number of amides is 2. The average molecular weight is 424 g/mol. The molecule has 0 saturated carbocycles. The molecule has 0 aliphatic carbocycles. The number of thiocarbonyl (C=S) groups is 1. The minimum Gasteiger partial charge on any atom is -0.340 e. The van der Waals surface area contributed by atoms with Gasteiger partial charge in [-0.05, 0) is 22.7 Å². The summed E-state index contributed by atoms with van der Waals surface area (Å²) in [5.41, 5.74) is 10.7. The molecule has 1 aliphatic rings. The molecule has 9 heteroatoms. The monoisotopic (exact) mass is 423 g/mol. The summed E-state index contributed by atoms with van der Waals surface area (Å²) < 4.78 is 0.355. The van der Waals surface area contributed by atoms with Crippen LogP contribution < -0.4 is 0 Å². The first-order valence-corrected chi connectivity index (χ1v) is 9.89. The Hall–Kier alpha value is -3.13. The van der Waals surface area contributed by atoms with Crippen molar-refractivity contribution in [3.8, 4) is 0 Å². The van der Waals surface area contributed by atoms with Crippen molar-refractivity contribution < 1.29 is 9.59 Å². The average Bonchev–Trinajstić information content (AvgIpc) is 2.97. The Labute approximate surface area is 177 Å². The fourth-order valence-electron chi connectivity index (χ4n) is 2.68. The number of likely N-dealkylation sites (N-methyl/N-ethyl adjacent to an activating group) is 1. The van der Waals surface area contributed by atoms with E-state index in [1.54, 1.807) is 42.3 Å². The van der Waals surface area contributed by atoms with Gasteiger partial charge in [0.15, 0.2) is 0 Å². The molecule has 0 N–H and O–H groups in total. The quantitative estimate of drug-likeness (QED) is 0.225. The third kappa shape index (κ3) is 5.23. The van der Waals surface area contributed by atoms with Crippen molar-refractivity contribution in [2.45, 2.75) is 6.54 Å². The van der Waals surface area contributed by atoms with Crippen molar-refractivity contribution in [3.05, 3.63) is 81.1 Å². The van der Waals surface area contributed by atoms with E-state index >= 15 is 0 Å². The van der Waals surface area contributed by atoms with E-state index in [1.165, 1.54) is 4.90 Å². The molecule has 0 bridgehead atoms. The van der Waals surface area contributed by atoms with Crippen molar-refractivity contribution in [1.82, 2.24) is 9.80 Å². The Kier molecular flexibility index (Phi) is 6.66.